The van der Waals surface area contributed by atoms with Gasteiger partial charge in [0.15, 0.2) is 17.5 Å². The van der Waals surface area contributed by atoms with Crippen molar-refractivity contribution in [3.05, 3.63) is 223 Å². The van der Waals surface area contributed by atoms with Crippen LogP contribution in [0.4, 0.5) is 0 Å². The van der Waals surface area contributed by atoms with E-state index in [0.717, 1.165) is 72.0 Å². The molecule has 310 valence electrons. The number of fused-ring (bicyclic) bond motifs is 6. The van der Waals surface area contributed by atoms with E-state index in [2.05, 4.69) is 185 Å². The van der Waals surface area contributed by atoms with E-state index in [0.29, 0.717) is 17.5 Å². The van der Waals surface area contributed by atoms with Crippen molar-refractivity contribution in [2.24, 2.45) is 0 Å². The second kappa shape index (κ2) is 16.7. The van der Waals surface area contributed by atoms with Gasteiger partial charge in [0.05, 0.1) is 0 Å². The van der Waals surface area contributed by atoms with E-state index >= 15 is 0 Å². The number of furan rings is 2. The molecule has 0 saturated heterocycles. The van der Waals surface area contributed by atoms with Gasteiger partial charge in [-0.1, -0.05) is 169 Å². The first-order valence-electron chi connectivity index (χ1n) is 21.9. The number of aromatic nitrogens is 3. The standard InChI is InChI=1S/C40H27N3O.C20H16O/c1-26-21-22-35-34(23-26)37-33(19-10-20-36(37)44-35)40-42-38(31-17-8-15-29(24-31)27-11-4-2-5-12-27)41-39(43-40)32-18-9-16-30(25-32)28-13-6-3-7-14-28;1-13-7-3-4-8-15(13)19-14(2)11-12-18-20(19)16-9-5-6-10-17(16)21-18/h2-25H,1H3;3-12H,1-2H3. The summed E-state index contributed by atoms with van der Waals surface area (Å²) in [6, 6.07) is 70.9. The van der Waals surface area contributed by atoms with Gasteiger partial charge in [0.1, 0.15) is 22.3 Å². The van der Waals surface area contributed by atoms with Crippen LogP contribution in [0, 0.1) is 20.8 Å². The molecule has 3 aromatic heterocycles. The minimum atomic E-state index is 0.607. The van der Waals surface area contributed by atoms with Gasteiger partial charge in [-0.3, -0.25) is 0 Å². The van der Waals surface area contributed by atoms with Crippen molar-refractivity contribution in [3.63, 3.8) is 0 Å². The molecule has 9 aromatic carbocycles. The molecule has 12 aromatic rings. The Hall–Kier alpha value is -8.41. The molecule has 65 heavy (non-hydrogen) atoms. The fourth-order valence-electron chi connectivity index (χ4n) is 8.94. The van der Waals surface area contributed by atoms with Gasteiger partial charge in [-0.15, -0.1) is 0 Å². The first-order valence-corrected chi connectivity index (χ1v) is 21.9. The Labute approximate surface area is 377 Å². The van der Waals surface area contributed by atoms with Gasteiger partial charge in [-0.2, -0.15) is 0 Å². The molecule has 0 amide bonds. The smallest absolute Gasteiger partial charge is 0.164 e. The van der Waals surface area contributed by atoms with Crippen LogP contribution < -0.4 is 0 Å². The lowest BCUT2D eigenvalue weighted by Gasteiger charge is -2.11. The zero-order valence-electron chi connectivity index (χ0n) is 36.3. The molecule has 0 aliphatic rings. The summed E-state index contributed by atoms with van der Waals surface area (Å²) >= 11 is 0. The van der Waals surface area contributed by atoms with Crippen LogP contribution in [0.25, 0.3) is 111 Å². The highest BCUT2D eigenvalue weighted by molar-refractivity contribution is 6.14. The van der Waals surface area contributed by atoms with Crippen LogP contribution in [0.3, 0.4) is 0 Å². The Balaban J connectivity index is 0.000000186. The SMILES string of the molecule is Cc1ccc2oc3cccc(-c4nc(-c5cccc(-c6ccccc6)c5)nc(-c5cccc(-c6ccccc6)c5)n4)c3c2c1.Cc1ccccc1-c1c(C)ccc2oc3ccccc3c12. The summed E-state index contributed by atoms with van der Waals surface area (Å²) in [5.74, 6) is 1.85. The summed E-state index contributed by atoms with van der Waals surface area (Å²) < 4.78 is 12.3. The molecule has 0 saturated carbocycles. The first kappa shape index (κ1) is 39.4. The van der Waals surface area contributed by atoms with Crippen LogP contribution >= 0.6 is 0 Å². The van der Waals surface area contributed by atoms with E-state index in [1.54, 1.807) is 0 Å². The lowest BCUT2D eigenvalue weighted by atomic mass is 9.92. The van der Waals surface area contributed by atoms with E-state index in [4.69, 9.17) is 23.8 Å². The molecule has 0 aliphatic heterocycles. The van der Waals surface area contributed by atoms with Gasteiger partial charge in [-0.25, -0.2) is 15.0 Å². The van der Waals surface area contributed by atoms with Gasteiger partial charge >= 0.3 is 0 Å². The number of rotatable bonds is 6. The van der Waals surface area contributed by atoms with Gasteiger partial charge in [0.2, 0.25) is 0 Å². The van der Waals surface area contributed by atoms with Gasteiger partial charge < -0.3 is 8.83 Å². The Morgan fingerprint density at radius 2 is 0.800 bits per heavy atom. The zero-order valence-corrected chi connectivity index (χ0v) is 36.3. The minimum Gasteiger partial charge on any atom is -0.456 e. The van der Waals surface area contributed by atoms with E-state index < -0.39 is 0 Å². The Kier molecular flexibility index (Phi) is 10.1. The molecule has 3 heterocycles. The van der Waals surface area contributed by atoms with Gasteiger partial charge in [0.25, 0.3) is 0 Å². The quantitative estimate of drug-likeness (QED) is 0.167. The fourth-order valence-corrected chi connectivity index (χ4v) is 8.94. The van der Waals surface area contributed by atoms with Crippen LogP contribution in [0.5, 0.6) is 0 Å². The monoisotopic (exact) mass is 837 g/mol. The number of benzene rings is 9. The molecule has 0 aliphatic carbocycles. The molecular formula is C60H43N3O2. The largest absolute Gasteiger partial charge is 0.456 e. The van der Waals surface area contributed by atoms with Crippen molar-refractivity contribution >= 4 is 43.9 Å². The molecular weight excluding hydrogens is 795 g/mol. The molecule has 0 unspecified atom stereocenters. The topological polar surface area (TPSA) is 65.0 Å². The van der Waals surface area contributed by atoms with Crippen LogP contribution in [-0.2, 0) is 0 Å². The maximum atomic E-state index is 6.26. The maximum Gasteiger partial charge on any atom is 0.164 e. The van der Waals surface area contributed by atoms with Crippen molar-refractivity contribution in [3.8, 4) is 67.5 Å². The van der Waals surface area contributed by atoms with Crippen molar-refractivity contribution in [1.29, 1.82) is 0 Å². The van der Waals surface area contributed by atoms with Crippen molar-refractivity contribution in [2.45, 2.75) is 20.8 Å². The summed E-state index contributed by atoms with van der Waals surface area (Å²) in [5, 5.41) is 4.47. The molecule has 0 bridgehead atoms. The Morgan fingerprint density at radius 3 is 1.48 bits per heavy atom. The zero-order chi connectivity index (χ0) is 43.9. The lowest BCUT2D eigenvalue weighted by Crippen LogP contribution is -2.00. The van der Waals surface area contributed by atoms with E-state index in [1.807, 2.05) is 42.5 Å². The summed E-state index contributed by atoms with van der Waals surface area (Å²) in [4.78, 5) is 15.3. The highest BCUT2D eigenvalue weighted by atomic mass is 16.3. The average Bonchev–Trinajstić information content (AvgIpc) is 3.93. The third-order valence-electron chi connectivity index (χ3n) is 12.1. The predicted molar refractivity (Wildman–Crippen MR) is 268 cm³/mol. The molecule has 0 atom stereocenters. The number of hydrogen-bond acceptors (Lipinski definition) is 5. The Bertz CT molecular complexity index is 3600. The van der Waals surface area contributed by atoms with E-state index in [-0.39, 0.29) is 0 Å². The van der Waals surface area contributed by atoms with Crippen LogP contribution in [-0.4, -0.2) is 15.0 Å². The number of aryl methyl sites for hydroxylation is 3. The van der Waals surface area contributed by atoms with Crippen LogP contribution in [0.2, 0.25) is 0 Å². The molecule has 0 fully saturated rings. The molecule has 12 rings (SSSR count). The Morgan fingerprint density at radius 1 is 0.308 bits per heavy atom. The van der Waals surface area contributed by atoms with E-state index in [1.165, 1.54) is 38.6 Å². The van der Waals surface area contributed by atoms with E-state index in [9.17, 15) is 0 Å². The maximum absolute atomic E-state index is 6.26. The third kappa shape index (κ3) is 7.53. The normalized spacial score (nSPS) is 11.3. The molecule has 0 radical (unpaired) electrons. The molecule has 0 spiro atoms. The second-order valence-corrected chi connectivity index (χ2v) is 16.5. The first-order chi connectivity index (χ1) is 31.9. The minimum absolute atomic E-state index is 0.607. The average molecular weight is 838 g/mol. The van der Waals surface area contributed by atoms with Crippen molar-refractivity contribution < 1.29 is 8.83 Å². The number of hydrogen-bond donors (Lipinski definition) is 0. The summed E-state index contributed by atoms with van der Waals surface area (Å²) in [6.07, 6.45) is 0. The van der Waals surface area contributed by atoms with Crippen molar-refractivity contribution in [1.82, 2.24) is 15.0 Å². The van der Waals surface area contributed by atoms with Crippen LogP contribution in [0.15, 0.2) is 215 Å². The van der Waals surface area contributed by atoms with Gasteiger partial charge in [0, 0.05) is 38.2 Å². The highest BCUT2D eigenvalue weighted by Crippen LogP contribution is 2.40. The molecule has 0 N–H and O–H groups in total. The predicted octanol–water partition coefficient (Wildman–Crippen LogP) is 16.3. The van der Waals surface area contributed by atoms with Crippen LogP contribution in [0.1, 0.15) is 16.7 Å². The summed E-state index contributed by atoms with van der Waals surface area (Å²) in [7, 11) is 0. The molecule has 5 heteroatoms. The fraction of sp³-hybridized carbons (Fsp3) is 0.0500. The summed E-state index contributed by atoms with van der Waals surface area (Å²) in [6.45, 7) is 6.43. The molecule has 5 nitrogen and oxygen atoms in total. The number of para-hydroxylation sites is 1. The van der Waals surface area contributed by atoms with Gasteiger partial charge in [-0.05, 0) is 108 Å². The third-order valence-corrected chi connectivity index (χ3v) is 12.1. The summed E-state index contributed by atoms with van der Waals surface area (Å²) in [5.41, 5.74) is 17.1. The highest BCUT2D eigenvalue weighted by Gasteiger charge is 2.19. The number of nitrogens with zero attached hydrogens (tertiary/aromatic N) is 3. The lowest BCUT2D eigenvalue weighted by molar-refractivity contribution is 0.668. The second-order valence-electron chi connectivity index (χ2n) is 16.5. The van der Waals surface area contributed by atoms with Crippen molar-refractivity contribution in [2.75, 3.05) is 0 Å².